The van der Waals surface area contributed by atoms with Gasteiger partial charge in [0.1, 0.15) is 11.8 Å². The monoisotopic (exact) mass is 332 g/mol. The zero-order valence-corrected chi connectivity index (χ0v) is 13.2. The van der Waals surface area contributed by atoms with Crippen LogP contribution in [0.15, 0.2) is 24.5 Å². The minimum absolute atomic E-state index is 0.0977. The standard InChI is InChI=1S/C15H16N4O5/c1-17-8-9(10-5-3-4-6-18(10)15(20)21)12-13(24-2)11(19(22)23)7-16-14(12)17/h3-4,7-8,10H,5-6H2,1-2H3,(H,20,21). The molecule has 0 aliphatic carbocycles. The van der Waals surface area contributed by atoms with E-state index >= 15 is 0 Å². The van der Waals surface area contributed by atoms with E-state index in [0.717, 1.165) is 6.20 Å². The van der Waals surface area contributed by atoms with Gasteiger partial charge in [-0.3, -0.25) is 15.0 Å². The van der Waals surface area contributed by atoms with E-state index in [-0.39, 0.29) is 18.0 Å². The van der Waals surface area contributed by atoms with Gasteiger partial charge in [-0.05, 0) is 6.42 Å². The van der Waals surface area contributed by atoms with Crippen LogP contribution < -0.4 is 4.74 Å². The Morgan fingerprint density at radius 1 is 1.50 bits per heavy atom. The lowest BCUT2D eigenvalue weighted by molar-refractivity contribution is -0.385. The van der Waals surface area contributed by atoms with Gasteiger partial charge < -0.3 is 14.4 Å². The first kappa shape index (κ1) is 15.8. The molecule has 0 spiro atoms. The SMILES string of the molecule is COc1c([N+](=O)[O-])cnc2c1c(C1CC=CCN1C(=O)O)cn2C. The van der Waals surface area contributed by atoms with E-state index in [1.807, 2.05) is 6.08 Å². The quantitative estimate of drug-likeness (QED) is 0.525. The molecule has 1 atom stereocenters. The van der Waals surface area contributed by atoms with E-state index in [1.54, 1.807) is 23.9 Å². The van der Waals surface area contributed by atoms with Crippen LogP contribution in [-0.4, -0.2) is 44.2 Å². The highest BCUT2D eigenvalue weighted by atomic mass is 16.6. The Hall–Kier alpha value is -3.10. The molecule has 1 unspecified atom stereocenters. The summed E-state index contributed by atoms with van der Waals surface area (Å²) in [6.07, 6.45) is 6.04. The van der Waals surface area contributed by atoms with Crippen molar-refractivity contribution in [2.45, 2.75) is 12.5 Å². The molecule has 24 heavy (non-hydrogen) atoms. The minimum atomic E-state index is -1.04. The molecule has 1 aliphatic heterocycles. The highest BCUT2D eigenvalue weighted by molar-refractivity contribution is 5.91. The van der Waals surface area contributed by atoms with Gasteiger partial charge in [0, 0.05) is 25.4 Å². The predicted octanol–water partition coefficient (Wildman–Crippen LogP) is 2.47. The first-order chi connectivity index (χ1) is 11.5. The number of aryl methyl sites for hydroxylation is 1. The zero-order valence-electron chi connectivity index (χ0n) is 13.2. The van der Waals surface area contributed by atoms with E-state index in [0.29, 0.717) is 23.0 Å². The molecule has 0 bridgehead atoms. The molecule has 2 aromatic rings. The van der Waals surface area contributed by atoms with Crippen molar-refractivity contribution in [2.75, 3.05) is 13.7 Å². The van der Waals surface area contributed by atoms with Gasteiger partial charge in [-0.15, -0.1) is 0 Å². The topological polar surface area (TPSA) is 111 Å². The van der Waals surface area contributed by atoms with Gasteiger partial charge in [0.25, 0.3) is 0 Å². The molecule has 9 heteroatoms. The molecule has 3 heterocycles. The Labute approximate surface area is 136 Å². The number of hydrogen-bond acceptors (Lipinski definition) is 5. The molecule has 0 radical (unpaired) electrons. The number of aromatic nitrogens is 2. The number of rotatable bonds is 3. The Balaban J connectivity index is 2.28. The maximum Gasteiger partial charge on any atom is 0.408 e. The van der Waals surface area contributed by atoms with E-state index in [9.17, 15) is 20.0 Å². The van der Waals surface area contributed by atoms with Gasteiger partial charge in [0.2, 0.25) is 5.75 Å². The van der Waals surface area contributed by atoms with Crippen molar-refractivity contribution in [1.29, 1.82) is 0 Å². The number of nitro groups is 1. The van der Waals surface area contributed by atoms with Gasteiger partial charge in [-0.2, -0.15) is 0 Å². The summed E-state index contributed by atoms with van der Waals surface area (Å²) in [6.45, 7) is 0.265. The summed E-state index contributed by atoms with van der Waals surface area (Å²) in [6, 6.07) is -0.450. The molecular formula is C15H16N4O5. The van der Waals surface area contributed by atoms with Crippen LogP contribution in [0, 0.1) is 10.1 Å². The fraction of sp³-hybridized carbons (Fsp3) is 0.333. The molecule has 2 aromatic heterocycles. The van der Waals surface area contributed by atoms with Gasteiger partial charge in [0.15, 0.2) is 0 Å². The van der Waals surface area contributed by atoms with Crippen molar-refractivity contribution in [3.63, 3.8) is 0 Å². The lowest BCUT2D eigenvalue weighted by Gasteiger charge is -2.30. The highest BCUT2D eigenvalue weighted by Gasteiger charge is 2.32. The molecule has 1 N–H and O–H groups in total. The number of methoxy groups -OCH3 is 1. The highest BCUT2D eigenvalue weighted by Crippen LogP contribution is 2.41. The Morgan fingerprint density at radius 3 is 2.88 bits per heavy atom. The van der Waals surface area contributed by atoms with Gasteiger partial charge in [-0.25, -0.2) is 9.78 Å². The second-order valence-electron chi connectivity index (χ2n) is 5.49. The lowest BCUT2D eigenvalue weighted by atomic mass is 9.99. The van der Waals surface area contributed by atoms with Crippen LogP contribution in [0.1, 0.15) is 18.0 Å². The summed E-state index contributed by atoms with van der Waals surface area (Å²) in [5, 5.41) is 21.2. The van der Waals surface area contributed by atoms with E-state index in [4.69, 9.17) is 4.74 Å². The fourth-order valence-corrected chi connectivity index (χ4v) is 3.10. The summed E-state index contributed by atoms with van der Waals surface area (Å²) < 4.78 is 7.00. The number of hydrogen-bond donors (Lipinski definition) is 1. The van der Waals surface area contributed by atoms with Gasteiger partial charge in [-0.1, -0.05) is 12.2 Å². The number of carbonyl (C=O) groups is 1. The molecule has 0 saturated heterocycles. The normalized spacial score (nSPS) is 17.2. The molecule has 1 aliphatic rings. The molecule has 3 rings (SSSR count). The Kier molecular flexibility index (Phi) is 3.84. The number of carboxylic acid groups (broad SMARTS) is 1. The van der Waals surface area contributed by atoms with E-state index < -0.39 is 17.1 Å². The molecule has 126 valence electrons. The Morgan fingerprint density at radius 2 is 2.25 bits per heavy atom. The van der Waals surface area contributed by atoms with Crippen molar-refractivity contribution in [2.24, 2.45) is 7.05 Å². The molecular weight excluding hydrogens is 316 g/mol. The van der Waals surface area contributed by atoms with Crippen molar-refractivity contribution in [1.82, 2.24) is 14.5 Å². The summed E-state index contributed by atoms with van der Waals surface area (Å²) in [5.41, 5.74) is 0.908. The number of amides is 1. The first-order valence-electron chi connectivity index (χ1n) is 7.26. The van der Waals surface area contributed by atoms with Crippen LogP contribution in [-0.2, 0) is 7.05 Å². The third-order valence-electron chi connectivity index (χ3n) is 4.16. The van der Waals surface area contributed by atoms with Crippen LogP contribution >= 0.6 is 0 Å². The van der Waals surface area contributed by atoms with Crippen LogP contribution in [0.2, 0.25) is 0 Å². The molecule has 9 nitrogen and oxygen atoms in total. The average Bonchev–Trinajstić information content (AvgIpc) is 2.90. The zero-order chi connectivity index (χ0) is 17.4. The van der Waals surface area contributed by atoms with Crippen molar-refractivity contribution in [3.8, 4) is 5.75 Å². The minimum Gasteiger partial charge on any atom is -0.490 e. The fourth-order valence-electron chi connectivity index (χ4n) is 3.10. The average molecular weight is 332 g/mol. The molecule has 1 amide bonds. The summed E-state index contributed by atoms with van der Waals surface area (Å²) in [7, 11) is 3.11. The first-order valence-corrected chi connectivity index (χ1v) is 7.26. The second-order valence-corrected chi connectivity index (χ2v) is 5.49. The third-order valence-corrected chi connectivity index (χ3v) is 4.16. The van der Waals surface area contributed by atoms with Crippen LogP contribution in [0.3, 0.4) is 0 Å². The van der Waals surface area contributed by atoms with Crippen molar-refractivity contribution in [3.05, 3.63) is 40.2 Å². The number of nitrogens with zero attached hydrogens (tertiary/aromatic N) is 4. The van der Waals surface area contributed by atoms with Gasteiger partial charge in [0.05, 0.1) is 23.5 Å². The van der Waals surface area contributed by atoms with E-state index in [2.05, 4.69) is 4.98 Å². The van der Waals surface area contributed by atoms with E-state index in [1.165, 1.54) is 12.0 Å². The van der Waals surface area contributed by atoms with Crippen LogP contribution in [0.4, 0.5) is 10.5 Å². The molecule has 0 fully saturated rings. The summed E-state index contributed by atoms with van der Waals surface area (Å²) >= 11 is 0. The van der Waals surface area contributed by atoms with Crippen LogP contribution in [0.25, 0.3) is 11.0 Å². The van der Waals surface area contributed by atoms with Gasteiger partial charge >= 0.3 is 11.8 Å². The predicted molar refractivity (Wildman–Crippen MR) is 85.1 cm³/mol. The smallest absolute Gasteiger partial charge is 0.408 e. The van der Waals surface area contributed by atoms with Crippen molar-refractivity contribution >= 4 is 22.8 Å². The second kappa shape index (κ2) is 5.84. The number of pyridine rings is 1. The maximum absolute atomic E-state index is 11.5. The number of fused-ring (bicyclic) bond motifs is 1. The number of ether oxygens (including phenoxy) is 1. The lowest BCUT2D eigenvalue weighted by Crippen LogP contribution is -2.35. The molecule has 0 saturated carbocycles. The Bertz CT molecular complexity index is 857. The van der Waals surface area contributed by atoms with Crippen molar-refractivity contribution < 1.29 is 19.6 Å². The maximum atomic E-state index is 11.5. The van der Waals surface area contributed by atoms with Crippen LogP contribution in [0.5, 0.6) is 5.75 Å². The summed E-state index contributed by atoms with van der Waals surface area (Å²) in [4.78, 5) is 27.7. The third kappa shape index (κ3) is 2.34. The molecule has 0 aromatic carbocycles. The summed E-state index contributed by atoms with van der Waals surface area (Å²) in [5.74, 6) is 0.0977. The largest absolute Gasteiger partial charge is 0.490 e.